The average Bonchev–Trinajstić information content (AvgIpc) is 3.76. The Morgan fingerprint density at radius 2 is 1.82 bits per heavy atom. The van der Waals surface area contributed by atoms with E-state index in [0.717, 1.165) is 23.2 Å². The molecule has 1 saturated heterocycles. The number of likely N-dealkylation sites (tertiary alicyclic amines) is 1. The summed E-state index contributed by atoms with van der Waals surface area (Å²) in [7, 11) is 2.17. The highest BCUT2D eigenvalue weighted by molar-refractivity contribution is 6.32. The summed E-state index contributed by atoms with van der Waals surface area (Å²) in [6.45, 7) is 8.73. The molecule has 13 heteroatoms. The van der Waals surface area contributed by atoms with Gasteiger partial charge in [0.05, 0.1) is 41.6 Å². The summed E-state index contributed by atoms with van der Waals surface area (Å²) in [5.41, 5.74) is 3.26. The Hall–Kier alpha value is -4.65. The molecule has 2 aliphatic rings. The van der Waals surface area contributed by atoms with E-state index in [1.54, 1.807) is 41.2 Å². The number of urea groups is 1. The zero-order valence-corrected chi connectivity index (χ0v) is 29.8. The Kier molecular flexibility index (Phi) is 12.0. The lowest BCUT2D eigenvalue weighted by atomic mass is 9.85. The highest BCUT2D eigenvalue weighted by Gasteiger charge is 2.30. The van der Waals surface area contributed by atoms with Crippen molar-refractivity contribution >= 4 is 29.8 Å². The second-order valence-corrected chi connectivity index (χ2v) is 13.9. The summed E-state index contributed by atoms with van der Waals surface area (Å²) in [4.78, 5) is 15.8. The number of anilines is 1. The van der Waals surface area contributed by atoms with Gasteiger partial charge in [-0.25, -0.2) is 9.48 Å². The average molecular weight is 703 g/mol. The topological polar surface area (TPSA) is 154 Å². The first-order valence-corrected chi connectivity index (χ1v) is 17.3. The van der Waals surface area contributed by atoms with Crippen molar-refractivity contribution in [2.45, 2.75) is 64.0 Å². The van der Waals surface area contributed by atoms with Crippen LogP contribution >= 0.6 is 11.6 Å². The molecule has 2 amide bonds. The van der Waals surface area contributed by atoms with Crippen molar-refractivity contribution in [1.82, 2.24) is 24.6 Å². The number of fused-ring (bicyclic) bond motifs is 1. The number of aliphatic hydroxyl groups excluding tert-OH is 1. The van der Waals surface area contributed by atoms with Crippen LogP contribution in [0.1, 0.15) is 75.4 Å². The first-order valence-electron chi connectivity index (χ1n) is 16.9. The van der Waals surface area contributed by atoms with Crippen molar-refractivity contribution in [3.8, 4) is 17.2 Å². The summed E-state index contributed by atoms with van der Waals surface area (Å²) < 4.78 is 14.9. The zero-order valence-electron chi connectivity index (χ0n) is 29.1. The number of ether oxygens (including phenoxy) is 2. The molecule has 3 heterocycles. The highest BCUT2D eigenvalue weighted by Crippen LogP contribution is 2.39. The lowest BCUT2D eigenvalue weighted by Gasteiger charge is -2.32. The maximum Gasteiger partial charge on any atom is 0.320 e. The van der Waals surface area contributed by atoms with Crippen LogP contribution in [-0.4, -0.2) is 70.1 Å². The second-order valence-electron chi connectivity index (χ2n) is 13.5. The molecule has 1 aliphatic carbocycles. The minimum atomic E-state index is -0.380. The van der Waals surface area contributed by atoms with Crippen molar-refractivity contribution in [2.24, 2.45) is 0 Å². The smallest absolute Gasteiger partial charge is 0.320 e. The van der Waals surface area contributed by atoms with Gasteiger partial charge in [0.2, 0.25) is 0 Å². The number of nitrogens with zero attached hydrogens (tertiary/aromatic N) is 4. The summed E-state index contributed by atoms with van der Waals surface area (Å²) in [5.74, 6) is 1.44. The third-order valence-corrected chi connectivity index (χ3v) is 8.98. The van der Waals surface area contributed by atoms with E-state index in [9.17, 15) is 9.90 Å². The molecule has 0 bridgehead atoms. The summed E-state index contributed by atoms with van der Waals surface area (Å²) in [6.07, 6.45) is 6.57. The molecule has 5 N–H and O–H groups in total. The molecule has 0 radical (unpaired) electrons. The quantitative estimate of drug-likeness (QED) is 0.100. The lowest BCUT2D eigenvalue weighted by molar-refractivity contribution is 0.171. The number of benzene rings is 2. The van der Waals surface area contributed by atoms with Gasteiger partial charge in [-0.3, -0.25) is 20.7 Å². The number of aliphatic hydroxyl groups is 1. The fourth-order valence-corrected chi connectivity index (χ4v) is 6.14. The molecular weight excluding hydrogens is 656 g/mol. The van der Waals surface area contributed by atoms with Gasteiger partial charge in [0, 0.05) is 17.5 Å². The largest absolute Gasteiger partial charge is 0.490 e. The summed E-state index contributed by atoms with van der Waals surface area (Å²) in [5, 5.41) is 35.9. The fourth-order valence-electron chi connectivity index (χ4n) is 5.97. The molecule has 12 nitrogen and oxygen atoms in total. The molecule has 2 aromatic heterocycles. The van der Waals surface area contributed by atoms with E-state index < -0.39 is 0 Å². The molecule has 4 aromatic rings. The molecule has 1 aliphatic heterocycles. The number of halogens is 1. The predicted molar refractivity (Wildman–Crippen MR) is 195 cm³/mol. The molecule has 50 heavy (non-hydrogen) atoms. The normalized spacial score (nSPS) is 17.2. The van der Waals surface area contributed by atoms with Crippen LogP contribution in [0.15, 0.2) is 66.9 Å². The predicted octanol–water partition coefficient (Wildman–Crippen LogP) is 6.42. The van der Waals surface area contributed by atoms with Gasteiger partial charge in [-0.1, -0.05) is 56.6 Å². The Balaban J connectivity index is 0.000000732. The molecule has 1 fully saturated rings. The number of nitrogens with one attached hydrogen (secondary N) is 4. The van der Waals surface area contributed by atoms with Crippen LogP contribution in [0.4, 0.5) is 10.6 Å². The van der Waals surface area contributed by atoms with Crippen LogP contribution in [0.2, 0.25) is 5.02 Å². The van der Waals surface area contributed by atoms with Crippen LogP contribution in [0.25, 0.3) is 5.69 Å². The van der Waals surface area contributed by atoms with Crippen molar-refractivity contribution < 1.29 is 19.4 Å². The molecule has 6 rings (SSSR count). The number of amides is 2. The Bertz CT molecular complexity index is 1840. The third-order valence-electron chi connectivity index (χ3n) is 8.67. The number of pyridine rings is 1. The molecule has 0 spiro atoms. The molecule has 2 atom stereocenters. The first kappa shape index (κ1) is 36.6. The number of aromatic nitrogens is 3. The lowest BCUT2D eigenvalue weighted by Crippen LogP contribution is -2.36. The molecule has 0 saturated carbocycles. The van der Waals surface area contributed by atoms with E-state index in [-0.39, 0.29) is 42.3 Å². The Morgan fingerprint density at radius 1 is 1.08 bits per heavy atom. The first-order chi connectivity index (χ1) is 24.0. The molecule has 266 valence electrons. The van der Waals surface area contributed by atoms with Gasteiger partial charge in [0.25, 0.3) is 0 Å². The zero-order chi connectivity index (χ0) is 35.8. The standard InChI is InChI=1S/C32H36ClN7O4.C5H11N/c1-32(2,3)28-17-30(40(38-28)20-8-10-24(33)27(16-20)43-15-14-41)37-31(42)36-25-11-12-26(23-7-5-4-6-22(23)25)44-21-9-13-29(35)39(18-21)19-34;1-6-4-2-3-5-6/h4-10,13,16-19,25-26,34-35,41H,11-12,14-15H2,1-3H3,(H2,36,37,42);2-5H2,1H3/t25?,26-;/m1./s1. The number of hydrogen-bond acceptors (Lipinski definition) is 8. The monoisotopic (exact) mass is 702 g/mol. The van der Waals surface area contributed by atoms with E-state index in [1.165, 1.54) is 30.5 Å². The van der Waals surface area contributed by atoms with Crippen molar-refractivity contribution in [3.05, 3.63) is 94.2 Å². The van der Waals surface area contributed by atoms with E-state index in [1.807, 2.05) is 51.1 Å². The maximum atomic E-state index is 13.5. The molecule has 2 aromatic carbocycles. The Morgan fingerprint density at radius 3 is 2.48 bits per heavy atom. The van der Waals surface area contributed by atoms with Crippen molar-refractivity contribution in [1.29, 1.82) is 10.8 Å². The van der Waals surface area contributed by atoms with E-state index in [4.69, 9.17) is 37.0 Å². The minimum absolute atomic E-state index is 0.0963. The van der Waals surface area contributed by atoms with Crippen LogP contribution < -0.4 is 25.6 Å². The molecular formula is C37H47ClN8O4. The van der Waals surface area contributed by atoms with E-state index >= 15 is 0 Å². The van der Waals surface area contributed by atoms with Crippen LogP contribution in [0.3, 0.4) is 0 Å². The number of rotatable bonds is 9. The van der Waals surface area contributed by atoms with Gasteiger partial charge in [0.15, 0.2) is 0 Å². The summed E-state index contributed by atoms with van der Waals surface area (Å²) in [6, 6.07) is 17.6. The maximum absolute atomic E-state index is 13.5. The van der Waals surface area contributed by atoms with Gasteiger partial charge in [-0.2, -0.15) is 5.10 Å². The van der Waals surface area contributed by atoms with Gasteiger partial charge in [-0.15, -0.1) is 0 Å². The third kappa shape index (κ3) is 9.12. The van der Waals surface area contributed by atoms with E-state index in [0.29, 0.717) is 40.9 Å². The second kappa shape index (κ2) is 16.4. The highest BCUT2D eigenvalue weighted by atomic mass is 35.5. The van der Waals surface area contributed by atoms with Gasteiger partial charge in [-0.05, 0) is 81.2 Å². The van der Waals surface area contributed by atoms with Crippen LogP contribution in [0.5, 0.6) is 11.5 Å². The Labute approximate surface area is 298 Å². The minimum Gasteiger partial charge on any atom is -0.490 e. The van der Waals surface area contributed by atoms with Crippen LogP contribution in [0, 0.1) is 10.8 Å². The number of hydrogen-bond donors (Lipinski definition) is 5. The molecule has 1 unspecified atom stereocenters. The van der Waals surface area contributed by atoms with Crippen molar-refractivity contribution in [3.63, 3.8) is 0 Å². The number of carbonyl (C=O) groups is 1. The number of carbonyl (C=O) groups excluding carboxylic acids is 1. The fraction of sp³-hybridized carbons (Fsp3) is 0.405. The van der Waals surface area contributed by atoms with Gasteiger partial charge < -0.3 is 24.8 Å². The summed E-state index contributed by atoms with van der Waals surface area (Å²) >= 11 is 6.30. The SMILES string of the molecule is CC(C)(C)c1cc(NC(=O)NC2CC[C@@H](Oc3ccc(=N)n(C=N)c3)c3ccccc32)n(-c2ccc(Cl)c(OCCO)c2)n1.CN1CCCC1. The van der Waals surface area contributed by atoms with Crippen molar-refractivity contribution in [2.75, 3.05) is 38.7 Å². The van der Waals surface area contributed by atoms with Gasteiger partial charge in [0.1, 0.15) is 35.5 Å². The van der Waals surface area contributed by atoms with E-state index in [2.05, 4.69) is 22.6 Å². The van der Waals surface area contributed by atoms with Gasteiger partial charge >= 0.3 is 6.03 Å². The van der Waals surface area contributed by atoms with Crippen LogP contribution in [-0.2, 0) is 5.41 Å².